The number of hydrogen-bond donors (Lipinski definition) is 2. The first kappa shape index (κ1) is 15.8. The zero-order chi connectivity index (χ0) is 15.3. The summed E-state index contributed by atoms with van der Waals surface area (Å²) in [7, 11) is 1.47. The van der Waals surface area contributed by atoms with Gasteiger partial charge in [-0.2, -0.15) is 0 Å². The molecular formula is C16H22FNO3. The lowest BCUT2D eigenvalue weighted by molar-refractivity contribution is -0.127. The lowest BCUT2D eigenvalue weighted by Gasteiger charge is -2.31. The summed E-state index contributed by atoms with van der Waals surface area (Å²) in [5.74, 6) is -0.183. The van der Waals surface area contributed by atoms with Crippen molar-refractivity contribution in [2.24, 2.45) is 0 Å². The van der Waals surface area contributed by atoms with E-state index in [0.29, 0.717) is 24.2 Å². The molecule has 0 bridgehead atoms. The summed E-state index contributed by atoms with van der Waals surface area (Å²) < 4.78 is 18.3. The van der Waals surface area contributed by atoms with E-state index in [1.54, 1.807) is 6.07 Å². The van der Waals surface area contributed by atoms with E-state index in [9.17, 15) is 14.3 Å². The molecule has 21 heavy (non-hydrogen) atoms. The molecule has 0 radical (unpaired) electrons. The molecule has 0 unspecified atom stereocenters. The third kappa shape index (κ3) is 4.70. The Morgan fingerprint density at radius 1 is 1.33 bits per heavy atom. The molecule has 0 spiro atoms. The topological polar surface area (TPSA) is 58.6 Å². The van der Waals surface area contributed by atoms with Crippen molar-refractivity contribution in [1.29, 1.82) is 0 Å². The Labute approximate surface area is 124 Å². The molecule has 1 saturated carbocycles. The number of rotatable bonds is 5. The highest BCUT2D eigenvalue weighted by Gasteiger charge is 2.31. The Morgan fingerprint density at radius 3 is 2.71 bits per heavy atom. The van der Waals surface area contributed by atoms with Crippen molar-refractivity contribution in [3.8, 4) is 5.75 Å². The number of hydrogen-bond acceptors (Lipinski definition) is 3. The summed E-state index contributed by atoms with van der Waals surface area (Å²) in [6.07, 6.45) is 4.50. The summed E-state index contributed by atoms with van der Waals surface area (Å²) in [5.41, 5.74) is -0.238. The maximum atomic E-state index is 13.3. The molecule has 0 heterocycles. The SMILES string of the molecule is COc1cc(F)cc(CNC(=O)CC2(O)CCCCC2)c1. The first-order chi connectivity index (χ1) is 10.0. The van der Waals surface area contributed by atoms with E-state index in [-0.39, 0.29) is 18.9 Å². The molecule has 1 aliphatic carbocycles. The Hall–Kier alpha value is -1.62. The van der Waals surface area contributed by atoms with Gasteiger partial charge in [-0.15, -0.1) is 0 Å². The van der Waals surface area contributed by atoms with Gasteiger partial charge in [0.2, 0.25) is 5.91 Å². The van der Waals surface area contributed by atoms with Gasteiger partial charge in [-0.3, -0.25) is 4.79 Å². The van der Waals surface area contributed by atoms with Crippen LogP contribution in [0.25, 0.3) is 0 Å². The fourth-order valence-corrected chi connectivity index (χ4v) is 2.79. The number of aliphatic hydroxyl groups is 1. The van der Waals surface area contributed by atoms with E-state index in [4.69, 9.17) is 4.74 Å². The highest BCUT2D eigenvalue weighted by atomic mass is 19.1. The van der Waals surface area contributed by atoms with Crippen LogP contribution in [0.1, 0.15) is 44.1 Å². The molecule has 1 aromatic rings. The second-order valence-electron chi connectivity index (χ2n) is 5.74. The van der Waals surface area contributed by atoms with E-state index >= 15 is 0 Å². The van der Waals surface area contributed by atoms with Gasteiger partial charge in [0.15, 0.2) is 0 Å². The van der Waals surface area contributed by atoms with Crippen LogP contribution in [0.4, 0.5) is 4.39 Å². The van der Waals surface area contributed by atoms with E-state index in [2.05, 4.69) is 5.32 Å². The molecule has 2 N–H and O–H groups in total. The van der Waals surface area contributed by atoms with Gasteiger partial charge in [-0.1, -0.05) is 19.3 Å². The normalized spacial score (nSPS) is 17.3. The number of carbonyl (C=O) groups is 1. The maximum Gasteiger partial charge on any atom is 0.223 e. The quantitative estimate of drug-likeness (QED) is 0.877. The van der Waals surface area contributed by atoms with Gasteiger partial charge in [0.25, 0.3) is 0 Å². The van der Waals surface area contributed by atoms with Gasteiger partial charge < -0.3 is 15.2 Å². The van der Waals surface area contributed by atoms with Crippen molar-refractivity contribution in [3.63, 3.8) is 0 Å². The van der Waals surface area contributed by atoms with Gasteiger partial charge >= 0.3 is 0 Å². The summed E-state index contributed by atoms with van der Waals surface area (Å²) in [4.78, 5) is 11.9. The second-order valence-corrected chi connectivity index (χ2v) is 5.74. The zero-order valence-electron chi connectivity index (χ0n) is 12.3. The van der Waals surface area contributed by atoms with Crippen LogP contribution >= 0.6 is 0 Å². The fraction of sp³-hybridized carbons (Fsp3) is 0.562. The van der Waals surface area contributed by atoms with Crippen molar-refractivity contribution < 1.29 is 19.0 Å². The van der Waals surface area contributed by atoms with E-state index in [1.165, 1.54) is 19.2 Å². The van der Waals surface area contributed by atoms with Crippen LogP contribution in [-0.4, -0.2) is 23.7 Å². The van der Waals surface area contributed by atoms with Crippen LogP contribution in [0.15, 0.2) is 18.2 Å². The molecule has 4 nitrogen and oxygen atoms in total. The predicted octanol–water partition coefficient (Wildman–Crippen LogP) is 2.54. The summed E-state index contributed by atoms with van der Waals surface area (Å²) in [6.45, 7) is 0.225. The molecule has 0 saturated heterocycles. The summed E-state index contributed by atoms with van der Waals surface area (Å²) in [5, 5.41) is 13.1. The molecule has 1 fully saturated rings. The monoisotopic (exact) mass is 295 g/mol. The molecule has 116 valence electrons. The molecule has 2 rings (SSSR count). The summed E-state index contributed by atoms with van der Waals surface area (Å²) in [6, 6.07) is 4.33. The molecule has 1 aliphatic rings. The Kier molecular flexibility index (Phi) is 5.17. The van der Waals surface area contributed by atoms with Crippen molar-refractivity contribution >= 4 is 5.91 Å². The lowest BCUT2D eigenvalue weighted by atomic mass is 9.82. The number of carbonyl (C=O) groups excluding carboxylic acids is 1. The van der Waals surface area contributed by atoms with Crippen LogP contribution in [0.5, 0.6) is 5.75 Å². The Morgan fingerprint density at radius 2 is 2.05 bits per heavy atom. The van der Waals surface area contributed by atoms with E-state index in [0.717, 1.165) is 19.3 Å². The zero-order valence-corrected chi connectivity index (χ0v) is 12.3. The minimum Gasteiger partial charge on any atom is -0.497 e. The van der Waals surface area contributed by atoms with Gasteiger partial charge in [-0.05, 0) is 30.5 Å². The van der Waals surface area contributed by atoms with Crippen LogP contribution < -0.4 is 10.1 Å². The van der Waals surface area contributed by atoms with Gasteiger partial charge in [0.1, 0.15) is 11.6 Å². The second kappa shape index (κ2) is 6.89. The van der Waals surface area contributed by atoms with Crippen molar-refractivity contribution in [3.05, 3.63) is 29.6 Å². The van der Waals surface area contributed by atoms with E-state index < -0.39 is 11.4 Å². The first-order valence-electron chi connectivity index (χ1n) is 7.33. The van der Waals surface area contributed by atoms with Crippen LogP contribution in [0.2, 0.25) is 0 Å². The Bertz CT molecular complexity index is 498. The van der Waals surface area contributed by atoms with Crippen LogP contribution in [0.3, 0.4) is 0 Å². The standard InChI is InChI=1S/C16H22FNO3/c1-21-14-8-12(7-13(17)9-14)11-18-15(19)10-16(20)5-3-2-4-6-16/h7-9,20H,2-6,10-11H2,1H3,(H,18,19). The molecule has 0 aromatic heterocycles. The largest absolute Gasteiger partial charge is 0.497 e. The maximum absolute atomic E-state index is 13.3. The molecule has 0 atom stereocenters. The van der Waals surface area contributed by atoms with Crippen LogP contribution in [-0.2, 0) is 11.3 Å². The fourth-order valence-electron chi connectivity index (χ4n) is 2.79. The molecule has 1 amide bonds. The predicted molar refractivity (Wildman–Crippen MR) is 77.5 cm³/mol. The number of amides is 1. The highest BCUT2D eigenvalue weighted by molar-refractivity contribution is 5.77. The number of methoxy groups -OCH3 is 1. The highest BCUT2D eigenvalue weighted by Crippen LogP contribution is 2.30. The minimum atomic E-state index is -0.873. The summed E-state index contributed by atoms with van der Waals surface area (Å²) >= 11 is 0. The third-order valence-electron chi connectivity index (χ3n) is 3.93. The molecule has 5 heteroatoms. The first-order valence-corrected chi connectivity index (χ1v) is 7.33. The van der Waals surface area contributed by atoms with Crippen LogP contribution in [0, 0.1) is 5.82 Å². The minimum absolute atomic E-state index is 0.111. The average Bonchev–Trinajstić information content (AvgIpc) is 2.45. The van der Waals surface area contributed by atoms with Crippen molar-refractivity contribution in [2.45, 2.75) is 50.7 Å². The van der Waals surface area contributed by atoms with E-state index in [1.807, 2.05) is 0 Å². The van der Waals surface area contributed by atoms with Gasteiger partial charge in [-0.25, -0.2) is 4.39 Å². The number of halogens is 1. The van der Waals surface area contributed by atoms with Crippen molar-refractivity contribution in [1.82, 2.24) is 5.32 Å². The molecule has 0 aliphatic heterocycles. The van der Waals surface area contributed by atoms with Gasteiger partial charge in [0, 0.05) is 12.6 Å². The number of ether oxygens (including phenoxy) is 1. The smallest absolute Gasteiger partial charge is 0.223 e. The molecule has 1 aromatic carbocycles. The third-order valence-corrected chi connectivity index (χ3v) is 3.93. The van der Waals surface area contributed by atoms with Crippen molar-refractivity contribution in [2.75, 3.05) is 7.11 Å². The lowest BCUT2D eigenvalue weighted by Crippen LogP contribution is -2.38. The van der Waals surface area contributed by atoms with Gasteiger partial charge in [0.05, 0.1) is 19.1 Å². The number of nitrogens with one attached hydrogen (secondary N) is 1. The number of benzene rings is 1. The Balaban J connectivity index is 1.87. The average molecular weight is 295 g/mol. The molecular weight excluding hydrogens is 273 g/mol.